The van der Waals surface area contributed by atoms with Crippen LogP contribution >= 0.6 is 11.3 Å². The Balaban J connectivity index is 2.92. The van der Waals surface area contributed by atoms with Crippen LogP contribution in [0.1, 0.15) is 0 Å². The number of thiophene rings is 1. The van der Waals surface area contributed by atoms with E-state index in [1.165, 1.54) is 5.39 Å². The molecule has 46 valence electrons. The smallest absolute Gasteiger partial charge is 0.102 e. The van der Waals surface area contributed by atoms with E-state index in [1.807, 2.05) is 17.5 Å². The van der Waals surface area contributed by atoms with E-state index >= 15 is 0 Å². The van der Waals surface area contributed by atoms with Crippen molar-refractivity contribution < 1.29 is 0 Å². The monoisotopic (exact) mass is 138 g/mol. The molecule has 2 aromatic heterocycles. The molecule has 9 heavy (non-hydrogen) atoms. The summed E-state index contributed by atoms with van der Waals surface area (Å²) in [7, 11) is 0. The maximum atomic E-state index is 5.49. The fraction of sp³-hybridized carbons (Fsp3) is 0. The zero-order valence-corrected chi connectivity index (χ0v) is 5.53. The van der Waals surface area contributed by atoms with Gasteiger partial charge in [0, 0.05) is 5.39 Å². The predicted octanol–water partition coefficient (Wildman–Crippen LogP) is 1.81. The molecule has 0 saturated heterocycles. The molecule has 0 atom stereocenters. The van der Waals surface area contributed by atoms with E-state index in [1.54, 1.807) is 11.3 Å². The highest BCUT2D eigenvalue weighted by Gasteiger charge is 1.95. The topological polar surface area (TPSA) is 41.8 Å². The van der Waals surface area contributed by atoms with Gasteiger partial charge in [0.1, 0.15) is 10.6 Å². The first-order chi connectivity index (χ1) is 4.36. The van der Waals surface area contributed by atoms with Gasteiger partial charge in [-0.25, -0.2) is 0 Å². The first-order valence-corrected chi connectivity index (χ1v) is 3.56. The minimum atomic E-state index is 0.747. The summed E-state index contributed by atoms with van der Waals surface area (Å²) in [6.45, 7) is 0. The molecule has 0 aliphatic heterocycles. The highest BCUT2D eigenvalue weighted by molar-refractivity contribution is 7.16. The fourth-order valence-corrected chi connectivity index (χ4v) is 1.66. The first kappa shape index (κ1) is 4.88. The van der Waals surface area contributed by atoms with Crippen LogP contribution in [0.5, 0.6) is 0 Å². The van der Waals surface area contributed by atoms with E-state index < -0.39 is 0 Å². The molecule has 2 heterocycles. The van der Waals surface area contributed by atoms with Gasteiger partial charge in [0.05, 0.1) is 0 Å². The van der Waals surface area contributed by atoms with Crippen molar-refractivity contribution in [3.63, 3.8) is 0 Å². The van der Waals surface area contributed by atoms with Gasteiger partial charge in [0.15, 0.2) is 0 Å². The lowest BCUT2D eigenvalue weighted by molar-refractivity contribution is 1.50. The third-order valence-electron chi connectivity index (χ3n) is 1.26. The van der Waals surface area contributed by atoms with Gasteiger partial charge >= 0.3 is 0 Å². The van der Waals surface area contributed by atoms with E-state index in [2.05, 4.69) is 4.98 Å². The second-order valence-corrected chi connectivity index (χ2v) is 2.85. The quantitative estimate of drug-likeness (QED) is 0.572. The molecule has 0 radical (unpaired) electrons. The van der Waals surface area contributed by atoms with E-state index in [9.17, 15) is 0 Å². The minimum Gasteiger partial charge on any atom is -0.385 e. The minimum absolute atomic E-state index is 0.747. The highest BCUT2D eigenvalue weighted by atomic mass is 32.1. The molecular formula is C6H6N2S. The molecule has 0 spiro atoms. The number of fused-ring (bicyclic) bond motifs is 1. The lowest BCUT2D eigenvalue weighted by Crippen LogP contribution is -1.80. The summed E-state index contributed by atoms with van der Waals surface area (Å²) in [5.74, 6) is 0.747. The van der Waals surface area contributed by atoms with Crippen molar-refractivity contribution in [1.29, 1.82) is 0 Å². The van der Waals surface area contributed by atoms with Gasteiger partial charge in [-0.1, -0.05) is 0 Å². The number of nitrogen functional groups attached to an aromatic ring is 1. The molecular weight excluding hydrogens is 132 g/mol. The number of nitrogens with one attached hydrogen (secondary N) is 1. The number of H-pyrrole nitrogens is 1. The van der Waals surface area contributed by atoms with Crippen molar-refractivity contribution in [1.82, 2.24) is 4.98 Å². The molecule has 2 nitrogen and oxygen atoms in total. The maximum absolute atomic E-state index is 5.49. The van der Waals surface area contributed by atoms with Crippen LogP contribution in [-0.4, -0.2) is 4.98 Å². The number of aromatic amines is 1. The number of hydrogen-bond acceptors (Lipinski definition) is 2. The normalized spacial score (nSPS) is 10.7. The Morgan fingerprint density at radius 3 is 3.22 bits per heavy atom. The van der Waals surface area contributed by atoms with Crippen molar-refractivity contribution in [3.8, 4) is 0 Å². The van der Waals surface area contributed by atoms with Crippen molar-refractivity contribution in [2.75, 3.05) is 5.73 Å². The summed E-state index contributed by atoms with van der Waals surface area (Å²) >= 11 is 1.67. The average molecular weight is 138 g/mol. The summed E-state index contributed by atoms with van der Waals surface area (Å²) in [5, 5.41) is 3.25. The summed E-state index contributed by atoms with van der Waals surface area (Å²) in [5.41, 5.74) is 5.49. The molecule has 3 heteroatoms. The van der Waals surface area contributed by atoms with E-state index in [0.29, 0.717) is 0 Å². The van der Waals surface area contributed by atoms with Crippen molar-refractivity contribution >= 4 is 27.4 Å². The Labute approximate surface area is 56.3 Å². The second-order valence-electron chi connectivity index (χ2n) is 1.93. The van der Waals surface area contributed by atoms with E-state index in [-0.39, 0.29) is 0 Å². The van der Waals surface area contributed by atoms with Gasteiger partial charge in [0.25, 0.3) is 0 Å². The standard InChI is InChI=1S/C6H6N2S/c7-5-3-4-1-2-9-6(4)8-5/h1-3,8H,7H2. The largest absolute Gasteiger partial charge is 0.385 e. The summed E-state index contributed by atoms with van der Waals surface area (Å²) in [6, 6.07) is 3.98. The summed E-state index contributed by atoms with van der Waals surface area (Å²) in [4.78, 5) is 4.19. The van der Waals surface area contributed by atoms with Gasteiger partial charge in [-0.15, -0.1) is 11.3 Å². The summed E-state index contributed by atoms with van der Waals surface area (Å²) in [6.07, 6.45) is 0. The third-order valence-corrected chi connectivity index (χ3v) is 2.11. The second kappa shape index (κ2) is 1.51. The highest BCUT2D eigenvalue weighted by Crippen LogP contribution is 2.21. The van der Waals surface area contributed by atoms with Crippen LogP contribution in [0.2, 0.25) is 0 Å². The van der Waals surface area contributed by atoms with E-state index in [0.717, 1.165) is 10.6 Å². The number of nitrogens with two attached hydrogens (primary N) is 1. The Morgan fingerprint density at radius 1 is 1.56 bits per heavy atom. The van der Waals surface area contributed by atoms with Crippen LogP contribution < -0.4 is 5.73 Å². The third kappa shape index (κ3) is 0.616. The Morgan fingerprint density at radius 2 is 2.44 bits per heavy atom. The predicted molar refractivity (Wildman–Crippen MR) is 40.6 cm³/mol. The maximum Gasteiger partial charge on any atom is 0.102 e. The molecule has 0 bridgehead atoms. The van der Waals surface area contributed by atoms with Crippen LogP contribution in [-0.2, 0) is 0 Å². The zero-order valence-electron chi connectivity index (χ0n) is 4.72. The van der Waals surface area contributed by atoms with Crippen molar-refractivity contribution in [2.24, 2.45) is 0 Å². The molecule has 0 unspecified atom stereocenters. The fourth-order valence-electron chi connectivity index (χ4n) is 0.869. The van der Waals surface area contributed by atoms with Gasteiger partial charge in [-0.05, 0) is 17.5 Å². The van der Waals surface area contributed by atoms with Crippen LogP contribution in [0.4, 0.5) is 5.82 Å². The Hall–Kier alpha value is -0.960. The van der Waals surface area contributed by atoms with Crippen molar-refractivity contribution in [2.45, 2.75) is 0 Å². The molecule has 0 amide bonds. The molecule has 0 aromatic carbocycles. The first-order valence-electron chi connectivity index (χ1n) is 2.68. The van der Waals surface area contributed by atoms with Crippen LogP contribution in [0, 0.1) is 0 Å². The van der Waals surface area contributed by atoms with Gasteiger partial charge in [-0.2, -0.15) is 0 Å². The lowest BCUT2D eigenvalue weighted by Gasteiger charge is -1.75. The van der Waals surface area contributed by atoms with Crippen LogP contribution in [0.25, 0.3) is 10.2 Å². The van der Waals surface area contributed by atoms with Crippen LogP contribution in [0.3, 0.4) is 0 Å². The molecule has 0 aliphatic carbocycles. The van der Waals surface area contributed by atoms with E-state index in [4.69, 9.17) is 5.73 Å². The Kier molecular flexibility index (Phi) is 0.818. The number of hydrogen-bond donors (Lipinski definition) is 2. The average Bonchev–Trinajstić information content (AvgIpc) is 2.22. The lowest BCUT2D eigenvalue weighted by atomic mass is 10.4. The van der Waals surface area contributed by atoms with Gasteiger partial charge in [0.2, 0.25) is 0 Å². The SMILES string of the molecule is Nc1cc2ccsc2[nH]1. The molecule has 2 rings (SSSR count). The molecule has 0 fully saturated rings. The summed E-state index contributed by atoms with van der Waals surface area (Å²) < 4.78 is 0. The number of rotatable bonds is 0. The molecule has 0 aliphatic rings. The van der Waals surface area contributed by atoms with Crippen molar-refractivity contribution in [3.05, 3.63) is 17.5 Å². The Bertz CT molecular complexity index is 292. The zero-order chi connectivity index (χ0) is 6.27. The molecule has 3 N–H and O–H groups in total. The van der Waals surface area contributed by atoms with Gasteiger partial charge in [-0.3, -0.25) is 0 Å². The molecule has 0 saturated carbocycles. The number of aromatic nitrogens is 1. The number of anilines is 1. The molecule has 2 aromatic rings. The van der Waals surface area contributed by atoms with Crippen LogP contribution in [0.15, 0.2) is 17.5 Å². The van der Waals surface area contributed by atoms with Gasteiger partial charge < -0.3 is 10.7 Å².